The number of nitrogens with zero attached hydrogens (tertiary/aromatic N) is 2. The lowest BCUT2D eigenvalue weighted by molar-refractivity contribution is -0.119. The fourth-order valence-corrected chi connectivity index (χ4v) is 1.82. The Kier molecular flexibility index (Phi) is 4.78. The molecule has 0 aromatic heterocycles. The third-order valence-corrected chi connectivity index (χ3v) is 2.70. The standard InChI is InChI=1S/C13H15F3N2O/c1-3-18(8-13(14,15)16)12-6-10(7-17)4-5-11(12)9(2)19/h4-6,9,19H,3,8H2,1-2H3. The molecule has 0 aliphatic rings. The lowest BCUT2D eigenvalue weighted by atomic mass is 10.0. The van der Waals surface area contributed by atoms with Crippen LogP contribution >= 0.6 is 0 Å². The van der Waals surface area contributed by atoms with Gasteiger partial charge in [0.1, 0.15) is 6.54 Å². The zero-order chi connectivity index (χ0) is 14.6. The zero-order valence-electron chi connectivity index (χ0n) is 10.7. The summed E-state index contributed by atoms with van der Waals surface area (Å²) in [6, 6.07) is 6.22. The van der Waals surface area contributed by atoms with Crippen LogP contribution in [0, 0.1) is 11.3 Å². The van der Waals surface area contributed by atoms with Gasteiger partial charge in [-0.2, -0.15) is 18.4 Å². The molecule has 0 amide bonds. The van der Waals surface area contributed by atoms with Crippen LogP contribution in [0.3, 0.4) is 0 Å². The van der Waals surface area contributed by atoms with Crippen molar-refractivity contribution < 1.29 is 18.3 Å². The number of alkyl halides is 3. The van der Waals surface area contributed by atoms with Gasteiger partial charge >= 0.3 is 6.18 Å². The Balaban J connectivity index is 3.24. The molecule has 0 radical (unpaired) electrons. The first-order valence-corrected chi connectivity index (χ1v) is 5.82. The summed E-state index contributed by atoms with van der Waals surface area (Å²) >= 11 is 0. The smallest absolute Gasteiger partial charge is 0.389 e. The number of hydrogen-bond acceptors (Lipinski definition) is 3. The number of rotatable bonds is 4. The first-order valence-electron chi connectivity index (χ1n) is 5.82. The van der Waals surface area contributed by atoms with E-state index in [4.69, 9.17) is 5.26 Å². The fraction of sp³-hybridized carbons (Fsp3) is 0.462. The summed E-state index contributed by atoms with van der Waals surface area (Å²) in [5.41, 5.74) is 0.888. The van der Waals surface area contributed by atoms with Crippen molar-refractivity contribution in [2.45, 2.75) is 26.1 Å². The lowest BCUT2D eigenvalue weighted by Crippen LogP contribution is -2.34. The van der Waals surface area contributed by atoms with Gasteiger partial charge in [-0.3, -0.25) is 0 Å². The van der Waals surface area contributed by atoms with Gasteiger partial charge in [-0.25, -0.2) is 0 Å². The third-order valence-electron chi connectivity index (χ3n) is 2.70. The molecule has 0 saturated carbocycles. The van der Waals surface area contributed by atoms with Gasteiger partial charge in [0.15, 0.2) is 0 Å². The van der Waals surface area contributed by atoms with Crippen LogP contribution in [0.4, 0.5) is 18.9 Å². The summed E-state index contributed by atoms with van der Waals surface area (Å²) in [5.74, 6) is 0. The highest BCUT2D eigenvalue weighted by atomic mass is 19.4. The first kappa shape index (κ1) is 15.3. The summed E-state index contributed by atoms with van der Waals surface area (Å²) < 4.78 is 37.6. The summed E-state index contributed by atoms with van der Waals surface area (Å²) in [6.07, 6.45) is -5.24. The molecule has 0 aliphatic carbocycles. The van der Waals surface area contributed by atoms with Crippen molar-refractivity contribution in [2.75, 3.05) is 18.0 Å². The van der Waals surface area contributed by atoms with Crippen LogP contribution < -0.4 is 4.90 Å². The molecule has 3 nitrogen and oxygen atoms in total. The highest BCUT2D eigenvalue weighted by Crippen LogP contribution is 2.30. The van der Waals surface area contributed by atoms with Crippen molar-refractivity contribution in [2.24, 2.45) is 0 Å². The molecule has 1 rings (SSSR count). The van der Waals surface area contributed by atoms with Crippen LogP contribution in [0.15, 0.2) is 18.2 Å². The number of halogens is 3. The Bertz CT molecular complexity index is 478. The first-order chi connectivity index (χ1) is 8.78. The van der Waals surface area contributed by atoms with Crippen molar-refractivity contribution in [1.29, 1.82) is 5.26 Å². The minimum absolute atomic E-state index is 0.133. The number of aliphatic hydroxyl groups excluding tert-OH is 1. The normalized spacial score (nSPS) is 12.9. The second-order valence-corrected chi connectivity index (χ2v) is 4.19. The maximum Gasteiger partial charge on any atom is 0.405 e. The van der Waals surface area contributed by atoms with Crippen molar-refractivity contribution in [1.82, 2.24) is 0 Å². The van der Waals surface area contributed by atoms with Gasteiger partial charge in [-0.05, 0) is 26.0 Å². The van der Waals surface area contributed by atoms with E-state index < -0.39 is 18.8 Å². The third kappa shape index (κ3) is 4.14. The number of nitriles is 1. The lowest BCUT2D eigenvalue weighted by Gasteiger charge is -2.27. The van der Waals surface area contributed by atoms with Crippen LogP contribution in [0.1, 0.15) is 31.1 Å². The molecule has 6 heteroatoms. The van der Waals surface area contributed by atoms with E-state index in [0.29, 0.717) is 5.56 Å². The number of aliphatic hydroxyl groups is 1. The van der Waals surface area contributed by atoms with Crippen LogP contribution in [0.5, 0.6) is 0 Å². The minimum atomic E-state index is -4.34. The van der Waals surface area contributed by atoms with Crippen molar-refractivity contribution in [3.05, 3.63) is 29.3 Å². The van der Waals surface area contributed by atoms with Gasteiger partial charge in [-0.15, -0.1) is 0 Å². The Hall–Kier alpha value is -1.74. The van der Waals surface area contributed by atoms with Gasteiger partial charge < -0.3 is 10.0 Å². The largest absolute Gasteiger partial charge is 0.405 e. The maximum absolute atomic E-state index is 12.5. The van der Waals surface area contributed by atoms with Gasteiger partial charge in [-0.1, -0.05) is 6.07 Å². The van der Waals surface area contributed by atoms with Crippen molar-refractivity contribution in [3.63, 3.8) is 0 Å². The Morgan fingerprint density at radius 2 is 2.05 bits per heavy atom. The second-order valence-electron chi connectivity index (χ2n) is 4.19. The number of anilines is 1. The Labute approximate surface area is 109 Å². The molecule has 19 heavy (non-hydrogen) atoms. The van der Waals surface area contributed by atoms with E-state index in [1.165, 1.54) is 25.1 Å². The molecule has 0 saturated heterocycles. The predicted octanol–water partition coefficient (Wildman–Crippen LogP) is 3.00. The average molecular weight is 272 g/mol. The molecule has 1 unspecified atom stereocenters. The van der Waals surface area contributed by atoms with Crippen LogP contribution in [0.25, 0.3) is 0 Å². The van der Waals surface area contributed by atoms with Crippen molar-refractivity contribution >= 4 is 5.69 Å². The molecule has 0 fully saturated rings. The molecule has 1 N–H and O–H groups in total. The van der Waals surface area contributed by atoms with Crippen LogP contribution in [-0.4, -0.2) is 24.4 Å². The molecule has 0 heterocycles. The molecule has 1 atom stereocenters. The maximum atomic E-state index is 12.5. The van der Waals surface area contributed by atoms with E-state index in [1.54, 1.807) is 6.92 Å². The van der Waals surface area contributed by atoms with Gasteiger partial charge in [0.25, 0.3) is 0 Å². The molecule has 104 valence electrons. The highest BCUT2D eigenvalue weighted by Gasteiger charge is 2.31. The zero-order valence-corrected chi connectivity index (χ0v) is 10.7. The molecule has 0 bridgehead atoms. The Morgan fingerprint density at radius 1 is 1.42 bits per heavy atom. The van der Waals surface area contributed by atoms with E-state index in [9.17, 15) is 18.3 Å². The highest BCUT2D eigenvalue weighted by molar-refractivity contribution is 5.58. The van der Waals surface area contributed by atoms with Gasteiger partial charge in [0.05, 0.1) is 17.7 Å². The SMILES string of the molecule is CCN(CC(F)(F)F)c1cc(C#N)ccc1C(C)O. The van der Waals surface area contributed by atoms with E-state index in [1.807, 2.05) is 6.07 Å². The van der Waals surface area contributed by atoms with Crippen LogP contribution in [-0.2, 0) is 0 Å². The topological polar surface area (TPSA) is 47.3 Å². The molecule has 1 aromatic carbocycles. The predicted molar refractivity (Wildman–Crippen MR) is 65.7 cm³/mol. The summed E-state index contributed by atoms with van der Waals surface area (Å²) in [5, 5.41) is 18.4. The minimum Gasteiger partial charge on any atom is -0.389 e. The number of hydrogen-bond donors (Lipinski definition) is 1. The number of benzene rings is 1. The van der Waals surface area contributed by atoms with Crippen molar-refractivity contribution in [3.8, 4) is 6.07 Å². The summed E-state index contributed by atoms with van der Waals surface area (Å²) in [7, 11) is 0. The Morgan fingerprint density at radius 3 is 2.47 bits per heavy atom. The van der Waals surface area contributed by atoms with Gasteiger partial charge in [0, 0.05) is 17.8 Å². The molecule has 1 aromatic rings. The van der Waals surface area contributed by atoms with E-state index >= 15 is 0 Å². The molecule has 0 aliphatic heterocycles. The van der Waals surface area contributed by atoms with E-state index in [2.05, 4.69) is 0 Å². The fourth-order valence-electron chi connectivity index (χ4n) is 1.82. The van der Waals surface area contributed by atoms with E-state index in [0.717, 1.165) is 4.90 Å². The molecular weight excluding hydrogens is 257 g/mol. The second kappa shape index (κ2) is 5.93. The monoisotopic (exact) mass is 272 g/mol. The average Bonchev–Trinajstić information content (AvgIpc) is 2.33. The molecule has 0 spiro atoms. The summed E-state index contributed by atoms with van der Waals surface area (Å²) in [4.78, 5) is 1.10. The van der Waals surface area contributed by atoms with Crippen LogP contribution in [0.2, 0.25) is 0 Å². The summed E-state index contributed by atoms with van der Waals surface area (Å²) in [6.45, 7) is 2.09. The van der Waals surface area contributed by atoms with Gasteiger partial charge in [0.2, 0.25) is 0 Å². The molecular formula is C13H15F3N2O. The quantitative estimate of drug-likeness (QED) is 0.916. The van der Waals surface area contributed by atoms with E-state index in [-0.39, 0.29) is 17.8 Å².